The molecule has 2 saturated carbocycles. The number of aromatic nitrogens is 2. The smallest absolute Gasteiger partial charge is 0.187 e. The predicted octanol–water partition coefficient (Wildman–Crippen LogP) is 11.9. The van der Waals surface area contributed by atoms with Gasteiger partial charge in [0.15, 0.2) is 11.6 Å². The summed E-state index contributed by atoms with van der Waals surface area (Å²) in [7, 11) is 0. The number of carbonyl (C=O) groups is 2. The monoisotopic (exact) mass is 708 g/mol. The molecule has 2 aromatic rings. The molecule has 2 fully saturated rings. The third-order valence-corrected chi connectivity index (χ3v) is 12.2. The van der Waals surface area contributed by atoms with Crippen LogP contribution in [0.3, 0.4) is 0 Å². The van der Waals surface area contributed by atoms with Crippen LogP contribution in [0.1, 0.15) is 155 Å². The summed E-state index contributed by atoms with van der Waals surface area (Å²) in [4.78, 5) is 37.8. The van der Waals surface area contributed by atoms with Crippen molar-refractivity contribution in [3.05, 3.63) is 106 Å². The quantitative estimate of drug-likeness (QED) is 0.0953. The maximum absolute atomic E-state index is 14.3. The van der Waals surface area contributed by atoms with Gasteiger partial charge in [0.2, 0.25) is 0 Å². The molecule has 3 aliphatic carbocycles. The molecule has 276 valence electrons. The Morgan fingerprint density at radius 3 is 2.43 bits per heavy atom. The zero-order valence-corrected chi connectivity index (χ0v) is 32.5. The fraction of sp³-hybridized carbons (Fsp3) is 0.458. The lowest BCUT2D eigenvalue weighted by Gasteiger charge is -2.22. The molecule has 2 aromatic carbocycles. The lowest BCUT2D eigenvalue weighted by atomic mass is 9.84. The number of benzene rings is 2. The van der Waals surface area contributed by atoms with E-state index in [4.69, 9.17) is 9.97 Å². The van der Waals surface area contributed by atoms with Gasteiger partial charge < -0.3 is 5.11 Å². The molecule has 0 aromatic heterocycles. The molecule has 0 saturated heterocycles. The molecular weight excluding hydrogens is 653 g/mol. The van der Waals surface area contributed by atoms with Crippen molar-refractivity contribution < 1.29 is 14.7 Å². The van der Waals surface area contributed by atoms with Crippen molar-refractivity contribution in [2.24, 2.45) is 17.8 Å². The zero-order chi connectivity index (χ0) is 37.4. The topological polar surface area (TPSA) is 80.2 Å². The molecule has 6 atom stereocenters. The molecule has 53 heavy (non-hydrogen) atoms. The summed E-state index contributed by atoms with van der Waals surface area (Å²) in [6.45, 7) is 12.6. The summed E-state index contributed by atoms with van der Waals surface area (Å²) in [5.74, 6) is 2.16. The second kappa shape index (κ2) is 15.6. The van der Waals surface area contributed by atoms with Crippen molar-refractivity contribution in [2.75, 3.05) is 0 Å². The molecule has 2 heterocycles. The first-order chi connectivity index (χ1) is 25.5. The molecule has 5 nitrogen and oxygen atoms in total. The highest BCUT2D eigenvalue weighted by Gasteiger charge is 2.40. The van der Waals surface area contributed by atoms with Crippen LogP contribution in [0.2, 0.25) is 0 Å². The van der Waals surface area contributed by atoms with Gasteiger partial charge in [-0.15, -0.1) is 0 Å². The third-order valence-electron chi connectivity index (χ3n) is 12.2. The van der Waals surface area contributed by atoms with Gasteiger partial charge in [0.25, 0.3) is 0 Å². The maximum Gasteiger partial charge on any atom is 0.187 e. The first kappa shape index (κ1) is 37.1. The number of aliphatic hydroxyl groups excluding tert-OH is 1. The second-order valence-corrected chi connectivity index (χ2v) is 16.9. The molecule has 2 aliphatic heterocycles. The summed E-state index contributed by atoms with van der Waals surface area (Å²) < 4.78 is 0. The van der Waals surface area contributed by atoms with Crippen molar-refractivity contribution in [1.29, 1.82) is 0 Å². The summed E-state index contributed by atoms with van der Waals surface area (Å²) >= 11 is 0. The Kier molecular flexibility index (Phi) is 10.9. The fourth-order valence-corrected chi connectivity index (χ4v) is 8.95. The van der Waals surface area contributed by atoms with Gasteiger partial charge in [0.05, 0.1) is 23.2 Å². The van der Waals surface area contributed by atoms with Crippen LogP contribution in [0.5, 0.6) is 0 Å². The van der Waals surface area contributed by atoms with Crippen molar-refractivity contribution in [1.82, 2.24) is 9.97 Å². The van der Waals surface area contributed by atoms with E-state index < -0.39 is 0 Å². The number of nitrogens with zero attached hydrogens (tertiary/aromatic N) is 2. The van der Waals surface area contributed by atoms with E-state index in [0.717, 1.165) is 119 Å². The van der Waals surface area contributed by atoms with Gasteiger partial charge in [-0.2, -0.15) is 0 Å². The molecule has 0 radical (unpaired) electrons. The SMILES string of the molecule is CCCC(C)c1cc2ncc(-c3ccc(-c4ccc5c(c4)C(=O)C=CC4CC54)cc3)c-2nc(C2CCCC(CC(O)C(C)C)CC2)c1C(=O)C=C(C)C. The lowest BCUT2D eigenvalue weighted by molar-refractivity contribution is 0.0937. The van der Waals surface area contributed by atoms with E-state index in [9.17, 15) is 14.7 Å². The van der Waals surface area contributed by atoms with E-state index in [2.05, 4.69) is 82.3 Å². The lowest BCUT2D eigenvalue weighted by Crippen LogP contribution is -2.19. The molecule has 0 bridgehead atoms. The highest BCUT2D eigenvalue weighted by Crippen LogP contribution is 2.51. The van der Waals surface area contributed by atoms with E-state index in [0.29, 0.717) is 17.8 Å². The minimum atomic E-state index is -0.286. The van der Waals surface area contributed by atoms with Gasteiger partial charge in [-0.25, -0.2) is 4.98 Å². The van der Waals surface area contributed by atoms with Crippen LogP contribution in [0.25, 0.3) is 33.6 Å². The summed E-state index contributed by atoms with van der Waals surface area (Å²) in [5.41, 5.74) is 11.5. The van der Waals surface area contributed by atoms with Gasteiger partial charge in [0, 0.05) is 28.8 Å². The molecular formula is C48H56N2O3. The first-order valence-corrected chi connectivity index (χ1v) is 20.2. The number of hydrogen-bond donors (Lipinski definition) is 1. The number of rotatable bonds is 11. The van der Waals surface area contributed by atoms with Gasteiger partial charge in [-0.1, -0.05) is 95.0 Å². The van der Waals surface area contributed by atoms with Crippen molar-refractivity contribution in [3.63, 3.8) is 0 Å². The standard InChI is InChI=1S/C48H56N2O3/c1-7-9-30(6)38-26-42-48(50-47(46(38)45(53)22-28(2)3)34-11-8-10-31(12-13-34)23-44(52)29(4)5)41(27-49-42)33-16-14-32(15-17-33)35-18-20-37-39-25-36(39)19-21-43(51)40(37)24-35/h14-22,24,26-27,29-31,34,36,39,44,52H,7-13,23,25H2,1-6H3. The van der Waals surface area contributed by atoms with Crippen molar-refractivity contribution in [3.8, 4) is 33.6 Å². The van der Waals surface area contributed by atoms with Gasteiger partial charge in [0.1, 0.15) is 0 Å². The van der Waals surface area contributed by atoms with Crippen LogP contribution in [0.4, 0.5) is 0 Å². The zero-order valence-electron chi connectivity index (χ0n) is 32.5. The van der Waals surface area contributed by atoms with Crippen LogP contribution in [-0.2, 0) is 0 Å². The largest absolute Gasteiger partial charge is 0.393 e. The van der Waals surface area contributed by atoms with Gasteiger partial charge in [-0.3, -0.25) is 14.6 Å². The third kappa shape index (κ3) is 7.87. The number of aliphatic hydroxyl groups is 1. The van der Waals surface area contributed by atoms with Crippen molar-refractivity contribution >= 4 is 11.6 Å². The molecule has 5 aliphatic rings. The number of fused-ring (bicyclic) bond motifs is 4. The first-order valence-electron chi connectivity index (χ1n) is 20.2. The molecule has 7 rings (SSSR count). The van der Waals surface area contributed by atoms with E-state index in [1.54, 1.807) is 12.2 Å². The molecule has 0 amide bonds. The average molecular weight is 709 g/mol. The molecule has 0 spiro atoms. The summed E-state index contributed by atoms with van der Waals surface area (Å²) in [6, 6.07) is 17.1. The van der Waals surface area contributed by atoms with Crippen LogP contribution >= 0.6 is 0 Å². The van der Waals surface area contributed by atoms with Gasteiger partial charge in [-0.05, 0) is 134 Å². The number of carbonyl (C=O) groups excluding carboxylic acids is 2. The number of ketones is 2. The van der Waals surface area contributed by atoms with E-state index in [1.165, 1.54) is 5.56 Å². The van der Waals surface area contributed by atoms with Crippen LogP contribution in [-0.4, -0.2) is 32.7 Å². The molecule has 6 unspecified atom stereocenters. The average Bonchev–Trinajstić information content (AvgIpc) is 3.90. The molecule has 1 N–H and O–H groups in total. The van der Waals surface area contributed by atoms with E-state index >= 15 is 0 Å². The Balaban J connectivity index is 1.30. The number of hydrogen-bond acceptors (Lipinski definition) is 5. The molecule has 5 heteroatoms. The van der Waals surface area contributed by atoms with Crippen LogP contribution < -0.4 is 0 Å². The van der Waals surface area contributed by atoms with Gasteiger partial charge >= 0.3 is 0 Å². The Labute approximate surface area is 316 Å². The Bertz CT molecular complexity index is 2020. The summed E-state index contributed by atoms with van der Waals surface area (Å²) in [5, 5.41) is 10.7. The van der Waals surface area contributed by atoms with E-state index in [-0.39, 0.29) is 35.4 Å². The van der Waals surface area contributed by atoms with Crippen LogP contribution in [0.15, 0.2) is 78.5 Å². The minimum Gasteiger partial charge on any atom is -0.393 e. The maximum atomic E-state index is 14.3. The Hall–Kier alpha value is -4.22. The Morgan fingerprint density at radius 2 is 1.70 bits per heavy atom. The normalized spacial score (nSPS) is 22.1. The van der Waals surface area contributed by atoms with Crippen LogP contribution in [0, 0.1) is 17.8 Å². The summed E-state index contributed by atoms with van der Waals surface area (Å²) in [6.07, 6.45) is 16.3. The Morgan fingerprint density at radius 1 is 0.943 bits per heavy atom. The highest BCUT2D eigenvalue weighted by molar-refractivity contribution is 6.08. The minimum absolute atomic E-state index is 0.0389. The van der Waals surface area contributed by atoms with E-state index in [1.807, 2.05) is 20.0 Å². The number of allylic oxidation sites excluding steroid dienone is 4. The highest BCUT2D eigenvalue weighted by atomic mass is 16.3. The second-order valence-electron chi connectivity index (χ2n) is 16.9. The van der Waals surface area contributed by atoms with Crippen molar-refractivity contribution in [2.45, 2.75) is 123 Å². The fourth-order valence-electron chi connectivity index (χ4n) is 8.95. The predicted molar refractivity (Wildman–Crippen MR) is 216 cm³/mol.